The maximum atomic E-state index is 13.7. The Morgan fingerprint density at radius 1 is 1.14 bits per heavy atom. The average Bonchev–Trinajstić information content (AvgIpc) is 3.37. The van der Waals surface area contributed by atoms with Gasteiger partial charge in [-0.25, -0.2) is 4.79 Å². The number of benzene rings is 1. The molecule has 188 valence electrons. The highest BCUT2D eigenvalue weighted by Crippen LogP contribution is 2.32. The van der Waals surface area contributed by atoms with Crippen molar-refractivity contribution in [2.45, 2.75) is 26.8 Å². The Labute approximate surface area is 210 Å². The van der Waals surface area contributed by atoms with Crippen molar-refractivity contribution in [2.75, 3.05) is 64.1 Å². The molecule has 35 heavy (non-hydrogen) atoms. The summed E-state index contributed by atoms with van der Waals surface area (Å²) in [6.45, 7) is 7.23. The first-order valence-corrected chi connectivity index (χ1v) is 13.2. The molecule has 0 radical (unpaired) electrons. The van der Waals surface area contributed by atoms with E-state index < -0.39 is 5.97 Å². The summed E-state index contributed by atoms with van der Waals surface area (Å²) in [5, 5.41) is 0.861. The average molecular weight is 499 g/mol. The Bertz CT molecular complexity index is 1210. The molecule has 0 unspecified atom stereocenters. The molecule has 0 N–H and O–H groups in total. The molecule has 2 aliphatic rings. The molecule has 9 heteroatoms. The molecule has 0 bridgehead atoms. The van der Waals surface area contributed by atoms with E-state index in [-0.39, 0.29) is 23.6 Å². The number of ether oxygens (including phenoxy) is 1. The summed E-state index contributed by atoms with van der Waals surface area (Å²) in [6.07, 6.45) is 2.95. The summed E-state index contributed by atoms with van der Waals surface area (Å²) in [6, 6.07) is 5.99. The number of carbonyl (C=O) groups excluding carboxylic acids is 2. The number of pyridine rings is 1. The molecular formula is C26H34N4O4S. The highest BCUT2D eigenvalue weighted by molar-refractivity contribution is 8.04. The number of nitrogens with zero attached hydrogens (tertiary/aromatic N) is 4. The van der Waals surface area contributed by atoms with Crippen LogP contribution in [-0.4, -0.2) is 85.4 Å². The van der Waals surface area contributed by atoms with Gasteiger partial charge in [-0.05, 0) is 46.5 Å². The Balaban J connectivity index is 1.77. The van der Waals surface area contributed by atoms with Crippen LogP contribution in [0.3, 0.4) is 0 Å². The fourth-order valence-corrected chi connectivity index (χ4v) is 5.59. The first-order valence-electron chi connectivity index (χ1n) is 12.2. The minimum absolute atomic E-state index is 0.0811. The highest BCUT2D eigenvalue weighted by atomic mass is 32.2. The lowest BCUT2D eigenvalue weighted by atomic mass is 10.0. The molecule has 2 aromatic rings. The van der Waals surface area contributed by atoms with Crippen molar-refractivity contribution in [3.63, 3.8) is 0 Å². The van der Waals surface area contributed by atoms with Crippen LogP contribution in [0.25, 0.3) is 10.9 Å². The van der Waals surface area contributed by atoms with E-state index in [1.807, 2.05) is 55.1 Å². The first kappa shape index (κ1) is 25.3. The fourth-order valence-electron chi connectivity index (χ4n) is 4.65. The van der Waals surface area contributed by atoms with Crippen LogP contribution in [0.4, 0.5) is 5.69 Å². The summed E-state index contributed by atoms with van der Waals surface area (Å²) < 4.78 is 7.05. The Morgan fingerprint density at radius 2 is 1.89 bits per heavy atom. The number of rotatable bonds is 7. The summed E-state index contributed by atoms with van der Waals surface area (Å²) >= 11 is 1.61. The van der Waals surface area contributed by atoms with E-state index >= 15 is 0 Å². The number of fused-ring (bicyclic) bond motifs is 1. The SMILES string of the molecule is CCOC(=O)c1c(N2CCN(C(=O)C3=CCCS3)CC2)c2cc(C)ccc2n(CCN(C)C)c1=O. The van der Waals surface area contributed by atoms with Gasteiger partial charge in [-0.2, -0.15) is 0 Å². The van der Waals surface area contributed by atoms with Crippen molar-refractivity contribution >= 4 is 40.2 Å². The van der Waals surface area contributed by atoms with E-state index in [9.17, 15) is 14.4 Å². The lowest BCUT2D eigenvalue weighted by molar-refractivity contribution is -0.126. The molecular weight excluding hydrogens is 464 g/mol. The Kier molecular flexibility index (Phi) is 7.86. The van der Waals surface area contributed by atoms with Gasteiger partial charge in [0.05, 0.1) is 22.7 Å². The van der Waals surface area contributed by atoms with E-state index in [0.717, 1.165) is 33.5 Å². The fraction of sp³-hybridized carbons (Fsp3) is 0.500. The summed E-state index contributed by atoms with van der Waals surface area (Å²) in [5.41, 5.74) is 2.22. The topological polar surface area (TPSA) is 75.1 Å². The van der Waals surface area contributed by atoms with Crippen LogP contribution in [0, 0.1) is 6.92 Å². The molecule has 8 nitrogen and oxygen atoms in total. The number of allylic oxidation sites excluding steroid dienone is 1. The van der Waals surface area contributed by atoms with Crippen LogP contribution in [-0.2, 0) is 16.1 Å². The third kappa shape index (κ3) is 5.26. The second-order valence-electron chi connectivity index (χ2n) is 9.21. The standard InChI is InChI=1S/C26H34N4O4S/c1-5-34-26(33)22-23(28-11-13-29(14-12-28)24(31)21-7-6-16-35-21)19-17-18(2)8-9-20(19)30(25(22)32)15-10-27(3)4/h7-9,17H,5-6,10-16H2,1-4H3. The summed E-state index contributed by atoms with van der Waals surface area (Å²) in [5.74, 6) is 0.442. The van der Waals surface area contributed by atoms with Crippen LogP contribution in [0.5, 0.6) is 0 Å². The number of hydrogen-bond donors (Lipinski definition) is 0. The monoisotopic (exact) mass is 498 g/mol. The number of amides is 1. The van der Waals surface area contributed by atoms with Crippen molar-refractivity contribution in [3.8, 4) is 0 Å². The zero-order valence-corrected chi connectivity index (χ0v) is 21.8. The van der Waals surface area contributed by atoms with Crippen LogP contribution < -0.4 is 10.5 Å². The Morgan fingerprint density at radius 3 is 2.51 bits per heavy atom. The number of aromatic nitrogens is 1. The number of thioether (sulfide) groups is 1. The first-order chi connectivity index (χ1) is 16.8. The van der Waals surface area contributed by atoms with E-state index in [1.165, 1.54) is 0 Å². The molecule has 0 atom stereocenters. The normalized spacial score (nSPS) is 16.2. The van der Waals surface area contributed by atoms with Gasteiger partial charge in [0.2, 0.25) is 0 Å². The number of piperazine rings is 1. The van der Waals surface area contributed by atoms with Gasteiger partial charge in [-0.15, -0.1) is 11.8 Å². The molecule has 0 aliphatic carbocycles. The van der Waals surface area contributed by atoms with Crippen LogP contribution in [0.2, 0.25) is 0 Å². The smallest absolute Gasteiger partial charge is 0.345 e. The molecule has 1 aromatic carbocycles. The van der Waals surface area contributed by atoms with Crippen molar-refractivity contribution in [1.29, 1.82) is 0 Å². The third-order valence-corrected chi connectivity index (χ3v) is 7.54. The van der Waals surface area contributed by atoms with Crippen molar-refractivity contribution < 1.29 is 14.3 Å². The highest BCUT2D eigenvalue weighted by Gasteiger charge is 2.31. The molecule has 1 aromatic heterocycles. The van der Waals surface area contributed by atoms with Gasteiger partial charge in [-0.3, -0.25) is 9.59 Å². The van der Waals surface area contributed by atoms with E-state index in [4.69, 9.17) is 4.74 Å². The second-order valence-corrected chi connectivity index (χ2v) is 10.3. The predicted molar refractivity (Wildman–Crippen MR) is 141 cm³/mol. The second kappa shape index (κ2) is 10.9. The minimum atomic E-state index is -0.597. The molecule has 0 saturated carbocycles. The Hall–Kier alpha value is -2.78. The molecule has 2 aliphatic heterocycles. The van der Waals surface area contributed by atoms with Crippen LogP contribution in [0.1, 0.15) is 29.3 Å². The van der Waals surface area contributed by atoms with E-state index in [2.05, 4.69) is 4.90 Å². The zero-order chi connectivity index (χ0) is 25.1. The zero-order valence-electron chi connectivity index (χ0n) is 21.0. The molecule has 1 saturated heterocycles. The van der Waals surface area contributed by atoms with Crippen LogP contribution >= 0.6 is 11.8 Å². The molecule has 0 spiro atoms. The number of anilines is 1. The van der Waals surface area contributed by atoms with Gasteiger partial charge in [0.15, 0.2) is 0 Å². The van der Waals surface area contributed by atoms with Gasteiger partial charge in [0.1, 0.15) is 5.56 Å². The van der Waals surface area contributed by atoms with Gasteiger partial charge < -0.3 is 24.0 Å². The number of aryl methyl sites for hydroxylation is 1. The van der Waals surface area contributed by atoms with Gasteiger partial charge in [0, 0.05) is 50.4 Å². The van der Waals surface area contributed by atoms with Crippen molar-refractivity contribution in [1.82, 2.24) is 14.4 Å². The lowest BCUT2D eigenvalue weighted by Crippen LogP contribution is -2.50. The summed E-state index contributed by atoms with van der Waals surface area (Å²) in [7, 11) is 3.91. The molecule has 1 amide bonds. The quantitative estimate of drug-likeness (QED) is 0.544. The maximum Gasteiger partial charge on any atom is 0.345 e. The van der Waals surface area contributed by atoms with E-state index in [0.29, 0.717) is 45.0 Å². The largest absolute Gasteiger partial charge is 0.462 e. The molecule has 3 heterocycles. The van der Waals surface area contributed by atoms with Crippen LogP contribution in [0.15, 0.2) is 34.0 Å². The number of likely N-dealkylation sites (N-methyl/N-ethyl adjacent to an activating group) is 1. The maximum absolute atomic E-state index is 13.7. The lowest BCUT2D eigenvalue weighted by Gasteiger charge is -2.37. The minimum Gasteiger partial charge on any atom is -0.462 e. The molecule has 4 rings (SSSR count). The van der Waals surface area contributed by atoms with E-state index in [1.54, 1.807) is 23.3 Å². The predicted octanol–water partition coefficient (Wildman–Crippen LogP) is 2.72. The third-order valence-electron chi connectivity index (χ3n) is 6.44. The van der Waals surface area contributed by atoms with Gasteiger partial charge in [0.25, 0.3) is 11.5 Å². The van der Waals surface area contributed by atoms with Crippen molar-refractivity contribution in [2.24, 2.45) is 0 Å². The number of esters is 1. The number of carbonyl (C=O) groups is 2. The van der Waals surface area contributed by atoms with Crippen molar-refractivity contribution in [3.05, 3.63) is 50.7 Å². The number of hydrogen-bond acceptors (Lipinski definition) is 7. The van der Waals surface area contributed by atoms with Gasteiger partial charge >= 0.3 is 5.97 Å². The molecule has 1 fully saturated rings. The van der Waals surface area contributed by atoms with Gasteiger partial charge in [-0.1, -0.05) is 17.7 Å². The summed E-state index contributed by atoms with van der Waals surface area (Å²) in [4.78, 5) is 46.6.